The third kappa shape index (κ3) is 5.85. The Kier molecular flexibility index (Phi) is 7.60. The summed E-state index contributed by atoms with van der Waals surface area (Å²) in [5.74, 6) is 2.03. The van der Waals surface area contributed by atoms with Gasteiger partial charge in [0.2, 0.25) is 5.91 Å². The minimum absolute atomic E-state index is 0.0213. The Hall–Kier alpha value is -2.40. The first-order chi connectivity index (χ1) is 12.5. The molecule has 1 N–H and O–H groups in total. The van der Waals surface area contributed by atoms with E-state index in [1.54, 1.807) is 26.4 Å². The molecule has 0 aromatic heterocycles. The van der Waals surface area contributed by atoms with Gasteiger partial charge >= 0.3 is 0 Å². The average molecular weight is 378 g/mol. The second kappa shape index (κ2) is 9.92. The third-order valence-electron chi connectivity index (χ3n) is 3.92. The highest BCUT2D eigenvalue weighted by Gasteiger charge is 2.12. The zero-order valence-corrected chi connectivity index (χ0v) is 16.0. The SMILES string of the molecule is COc1ccc(C(C)NC(=O)CCCOc2ccc(Cl)cc2)cc1OC. The number of methoxy groups -OCH3 is 2. The Morgan fingerprint density at radius 2 is 1.77 bits per heavy atom. The maximum Gasteiger partial charge on any atom is 0.220 e. The van der Waals surface area contributed by atoms with E-state index in [-0.39, 0.29) is 11.9 Å². The summed E-state index contributed by atoms with van der Waals surface area (Å²) in [6.45, 7) is 2.41. The summed E-state index contributed by atoms with van der Waals surface area (Å²) in [6, 6.07) is 12.6. The zero-order chi connectivity index (χ0) is 18.9. The summed E-state index contributed by atoms with van der Waals surface area (Å²) in [4.78, 5) is 12.1. The molecule has 26 heavy (non-hydrogen) atoms. The normalized spacial score (nSPS) is 11.5. The van der Waals surface area contributed by atoms with Crippen molar-refractivity contribution in [2.75, 3.05) is 20.8 Å². The molecule has 0 radical (unpaired) electrons. The first kappa shape index (κ1) is 19.9. The lowest BCUT2D eigenvalue weighted by Crippen LogP contribution is -2.26. The Balaban J connectivity index is 1.77. The van der Waals surface area contributed by atoms with Crippen LogP contribution in [0.25, 0.3) is 0 Å². The number of nitrogens with one attached hydrogen (secondary N) is 1. The highest BCUT2D eigenvalue weighted by molar-refractivity contribution is 6.30. The van der Waals surface area contributed by atoms with Gasteiger partial charge in [0.15, 0.2) is 11.5 Å². The smallest absolute Gasteiger partial charge is 0.220 e. The van der Waals surface area contributed by atoms with E-state index in [1.807, 2.05) is 37.3 Å². The summed E-state index contributed by atoms with van der Waals surface area (Å²) in [6.07, 6.45) is 1.03. The zero-order valence-electron chi connectivity index (χ0n) is 15.3. The molecule has 2 aromatic carbocycles. The Morgan fingerprint density at radius 3 is 2.42 bits per heavy atom. The van der Waals surface area contributed by atoms with Crippen molar-refractivity contribution in [3.8, 4) is 17.2 Å². The van der Waals surface area contributed by atoms with Crippen molar-refractivity contribution in [1.82, 2.24) is 5.32 Å². The van der Waals surface area contributed by atoms with Gasteiger partial charge in [0, 0.05) is 11.4 Å². The minimum atomic E-state index is -0.125. The molecule has 0 spiro atoms. The molecule has 5 nitrogen and oxygen atoms in total. The standard InChI is InChI=1S/C20H24ClNO4/c1-14(15-6-11-18(24-2)19(13-15)25-3)22-20(23)5-4-12-26-17-9-7-16(21)8-10-17/h6-11,13-14H,4-5,12H2,1-3H3,(H,22,23). The molecule has 0 aliphatic heterocycles. The highest BCUT2D eigenvalue weighted by atomic mass is 35.5. The topological polar surface area (TPSA) is 56.8 Å². The minimum Gasteiger partial charge on any atom is -0.494 e. The molecule has 1 unspecified atom stereocenters. The molecule has 140 valence electrons. The second-order valence-corrected chi connectivity index (χ2v) is 6.25. The van der Waals surface area contributed by atoms with Crippen molar-refractivity contribution in [2.24, 2.45) is 0 Å². The van der Waals surface area contributed by atoms with Crippen LogP contribution in [0.1, 0.15) is 31.4 Å². The first-order valence-corrected chi connectivity index (χ1v) is 8.81. The lowest BCUT2D eigenvalue weighted by molar-refractivity contribution is -0.121. The Morgan fingerprint density at radius 1 is 1.08 bits per heavy atom. The number of rotatable bonds is 9. The number of carbonyl (C=O) groups is 1. The van der Waals surface area contributed by atoms with Crippen LogP contribution in [0, 0.1) is 0 Å². The molecule has 0 fully saturated rings. The van der Waals surface area contributed by atoms with Gasteiger partial charge < -0.3 is 19.5 Å². The van der Waals surface area contributed by atoms with Crippen LogP contribution in [-0.2, 0) is 4.79 Å². The number of halogens is 1. The number of ether oxygens (including phenoxy) is 3. The monoisotopic (exact) mass is 377 g/mol. The number of benzene rings is 2. The van der Waals surface area contributed by atoms with Gasteiger partial charge in [0.05, 0.1) is 26.9 Å². The number of hydrogen-bond donors (Lipinski definition) is 1. The molecule has 0 heterocycles. The van der Waals surface area contributed by atoms with Gasteiger partial charge in [-0.25, -0.2) is 0 Å². The second-order valence-electron chi connectivity index (χ2n) is 5.81. The van der Waals surface area contributed by atoms with Gasteiger partial charge in [-0.05, 0) is 55.3 Å². The molecule has 1 atom stereocenters. The van der Waals surface area contributed by atoms with Crippen molar-refractivity contribution in [2.45, 2.75) is 25.8 Å². The van der Waals surface area contributed by atoms with E-state index in [9.17, 15) is 4.79 Å². The predicted molar refractivity (Wildman–Crippen MR) is 102 cm³/mol. The van der Waals surface area contributed by atoms with Crippen molar-refractivity contribution >= 4 is 17.5 Å². The van der Waals surface area contributed by atoms with E-state index >= 15 is 0 Å². The molecule has 0 aliphatic carbocycles. The molecule has 0 saturated heterocycles. The van der Waals surface area contributed by atoms with Crippen LogP contribution in [0.4, 0.5) is 0 Å². The molecule has 2 aromatic rings. The van der Waals surface area contributed by atoms with Gasteiger partial charge in [-0.2, -0.15) is 0 Å². The van der Waals surface area contributed by atoms with E-state index in [1.165, 1.54) is 0 Å². The molecule has 1 amide bonds. The summed E-state index contributed by atoms with van der Waals surface area (Å²) >= 11 is 5.83. The molecule has 2 rings (SSSR count). The third-order valence-corrected chi connectivity index (χ3v) is 4.17. The van der Waals surface area contributed by atoms with Crippen LogP contribution in [0.3, 0.4) is 0 Å². The van der Waals surface area contributed by atoms with Gasteiger partial charge in [-0.3, -0.25) is 4.79 Å². The lowest BCUT2D eigenvalue weighted by Gasteiger charge is -2.16. The molecule has 0 bridgehead atoms. The first-order valence-electron chi connectivity index (χ1n) is 8.43. The fourth-order valence-electron chi connectivity index (χ4n) is 2.47. The van der Waals surface area contributed by atoms with Crippen LogP contribution < -0.4 is 19.5 Å². The van der Waals surface area contributed by atoms with Crippen LogP contribution in [-0.4, -0.2) is 26.7 Å². The number of hydrogen-bond acceptors (Lipinski definition) is 4. The molecular weight excluding hydrogens is 354 g/mol. The van der Waals surface area contributed by atoms with E-state index in [4.69, 9.17) is 25.8 Å². The van der Waals surface area contributed by atoms with E-state index in [0.29, 0.717) is 36.0 Å². The van der Waals surface area contributed by atoms with Crippen molar-refractivity contribution in [3.63, 3.8) is 0 Å². The van der Waals surface area contributed by atoms with Gasteiger partial charge in [-0.15, -0.1) is 0 Å². The quantitative estimate of drug-likeness (QED) is 0.658. The Labute approximate surface area is 159 Å². The maximum absolute atomic E-state index is 12.1. The van der Waals surface area contributed by atoms with Crippen LogP contribution >= 0.6 is 11.6 Å². The van der Waals surface area contributed by atoms with Crippen molar-refractivity contribution in [3.05, 3.63) is 53.1 Å². The molecule has 0 saturated carbocycles. The largest absolute Gasteiger partial charge is 0.494 e. The molecular formula is C20H24ClNO4. The van der Waals surface area contributed by atoms with Crippen LogP contribution in [0.2, 0.25) is 5.02 Å². The van der Waals surface area contributed by atoms with E-state index in [2.05, 4.69) is 5.32 Å². The van der Waals surface area contributed by atoms with Crippen LogP contribution in [0.15, 0.2) is 42.5 Å². The number of carbonyl (C=O) groups excluding carboxylic acids is 1. The summed E-state index contributed by atoms with van der Waals surface area (Å²) in [5, 5.41) is 3.65. The maximum atomic E-state index is 12.1. The predicted octanol–water partition coefficient (Wildman–Crippen LogP) is 4.39. The Bertz CT molecular complexity index is 718. The molecule has 6 heteroatoms. The van der Waals surface area contributed by atoms with Crippen LogP contribution in [0.5, 0.6) is 17.2 Å². The highest BCUT2D eigenvalue weighted by Crippen LogP contribution is 2.29. The van der Waals surface area contributed by atoms with E-state index in [0.717, 1.165) is 11.3 Å². The summed E-state index contributed by atoms with van der Waals surface area (Å²) in [5.41, 5.74) is 0.952. The van der Waals surface area contributed by atoms with Gasteiger partial charge in [0.25, 0.3) is 0 Å². The van der Waals surface area contributed by atoms with Crippen molar-refractivity contribution < 1.29 is 19.0 Å². The van der Waals surface area contributed by atoms with E-state index < -0.39 is 0 Å². The fourth-order valence-corrected chi connectivity index (χ4v) is 2.60. The number of amides is 1. The van der Waals surface area contributed by atoms with Gasteiger partial charge in [-0.1, -0.05) is 17.7 Å². The van der Waals surface area contributed by atoms with Gasteiger partial charge in [0.1, 0.15) is 5.75 Å². The summed E-state index contributed by atoms with van der Waals surface area (Å²) in [7, 11) is 3.18. The average Bonchev–Trinajstić information content (AvgIpc) is 2.66. The molecule has 0 aliphatic rings. The van der Waals surface area contributed by atoms with Crippen molar-refractivity contribution in [1.29, 1.82) is 0 Å². The lowest BCUT2D eigenvalue weighted by atomic mass is 10.1. The summed E-state index contributed by atoms with van der Waals surface area (Å²) < 4.78 is 16.1. The fraction of sp³-hybridized carbons (Fsp3) is 0.350.